The monoisotopic (exact) mass is 158 g/mol. The molecule has 0 amide bonds. The van der Waals surface area contributed by atoms with Gasteiger partial charge in [-0.05, 0) is 18.1 Å². The third-order valence-corrected chi connectivity index (χ3v) is 1.30. The SMILES string of the molecule is NCCCn1c(N)noc1=O. The van der Waals surface area contributed by atoms with Gasteiger partial charge >= 0.3 is 5.76 Å². The Morgan fingerprint density at radius 2 is 2.36 bits per heavy atom. The van der Waals surface area contributed by atoms with Crippen molar-refractivity contribution in [3.8, 4) is 0 Å². The van der Waals surface area contributed by atoms with Gasteiger partial charge in [0.05, 0.1) is 0 Å². The van der Waals surface area contributed by atoms with Crippen molar-refractivity contribution in [3.63, 3.8) is 0 Å². The van der Waals surface area contributed by atoms with E-state index in [0.29, 0.717) is 19.5 Å². The molecule has 1 rings (SSSR count). The van der Waals surface area contributed by atoms with Crippen LogP contribution in [0.4, 0.5) is 5.95 Å². The molecule has 0 spiro atoms. The highest BCUT2D eigenvalue weighted by molar-refractivity contribution is 5.11. The van der Waals surface area contributed by atoms with Crippen LogP contribution in [0.15, 0.2) is 9.32 Å². The van der Waals surface area contributed by atoms with Gasteiger partial charge in [-0.3, -0.25) is 4.52 Å². The number of hydrogen-bond donors (Lipinski definition) is 2. The highest BCUT2D eigenvalue weighted by Crippen LogP contribution is 1.93. The Hall–Kier alpha value is -1.30. The van der Waals surface area contributed by atoms with E-state index in [1.165, 1.54) is 4.57 Å². The molecule has 0 bridgehead atoms. The summed E-state index contributed by atoms with van der Waals surface area (Å²) in [5, 5.41) is 3.28. The van der Waals surface area contributed by atoms with Gasteiger partial charge in [0, 0.05) is 6.54 Å². The Labute approximate surface area is 62.8 Å². The first-order valence-electron chi connectivity index (χ1n) is 3.27. The molecule has 6 nitrogen and oxygen atoms in total. The molecule has 4 N–H and O–H groups in total. The highest BCUT2D eigenvalue weighted by atomic mass is 16.5. The molecule has 0 aromatic carbocycles. The molecule has 0 aliphatic rings. The summed E-state index contributed by atoms with van der Waals surface area (Å²) < 4.78 is 5.53. The van der Waals surface area contributed by atoms with E-state index in [2.05, 4.69) is 9.68 Å². The van der Waals surface area contributed by atoms with E-state index in [9.17, 15) is 4.79 Å². The molecule has 11 heavy (non-hydrogen) atoms. The molecule has 0 aliphatic carbocycles. The molecular formula is C5H10N4O2. The second-order valence-corrected chi connectivity index (χ2v) is 2.10. The molecule has 0 saturated heterocycles. The van der Waals surface area contributed by atoms with Crippen LogP contribution in [0.5, 0.6) is 0 Å². The van der Waals surface area contributed by atoms with Crippen LogP contribution in [-0.4, -0.2) is 16.3 Å². The van der Waals surface area contributed by atoms with Crippen molar-refractivity contribution in [3.05, 3.63) is 10.6 Å². The summed E-state index contributed by atoms with van der Waals surface area (Å²) in [6.07, 6.45) is 0.686. The molecule has 6 heteroatoms. The summed E-state index contributed by atoms with van der Waals surface area (Å²) >= 11 is 0. The van der Waals surface area contributed by atoms with Gasteiger partial charge in [-0.25, -0.2) is 9.36 Å². The molecule has 0 fully saturated rings. The maximum atomic E-state index is 10.8. The fourth-order valence-corrected chi connectivity index (χ4v) is 0.733. The highest BCUT2D eigenvalue weighted by Gasteiger charge is 2.04. The molecule has 1 heterocycles. The van der Waals surface area contributed by atoms with Crippen molar-refractivity contribution >= 4 is 5.95 Å². The molecule has 0 radical (unpaired) electrons. The molecule has 0 atom stereocenters. The lowest BCUT2D eigenvalue weighted by atomic mass is 10.4. The summed E-state index contributed by atoms with van der Waals surface area (Å²) in [6, 6.07) is 0. The smallest absolute Gasteiger partial charge is 0.367 e. The standard InChI is InChI=1S/C5H10N4O2/c6-2-1-3-9-4(7)8-11-5(9)10/h1-3,6H2,(H2,7,8). The van der Waals surface area contributed by atoms with Crippen molar-refractivity contribution in [1.29, 1.82) is 0 Å². The van der Waals surface area contributed by atoms with Gasteiger partial charge in [-0.1, -0.05) is 0 Å². The zero-order valence-electron chi connectivity index (χ0n) is 5.99. The van der Waals surface area contributed by atoms with Crippen molar-refractivity contribution in [2.75, 3.05) is 12.3 Å². The number of nitrogens with two attached hydrogens (primary N) is 2. The van der Waals surface area contributed by atoms with Crippen LogP contribution in [0.3, 0.4) is 0 Å². The van der Waals surface area contributed by atoms with Gasteiger partial charge in [0.2, 0.25) is 5.95 Å². The summed E-state index contributed by atoms with van der Waals surface area (Å²) in [6.45, 7) is 0.974. The first-order chi connectivity index (χ1) is 5.25. The number of nitrogens with zero attached hydrogens (tertiary/aromatic N) is 2. The quantitative estimate of drug-likeness (QED) is 0.573. The largest absolute Gasteiger partial charge is 0.443 e. The van der Waals surface area contributed by atoms with Crippen LogP contribution in [0.1, 0.15) is 6.42 Å². The molecule has 1 aromatic heterocycles. The number of anilines is 1. The van der Waals surface area contributed by atoms with Gasteiger partial charge in [0.25, 0.3) is 0 Å². The van der Waals surface area contributed by atoms with E-state index < -0.39 is 5.76 Å². The second-order valence-electron chi connectivity index (χ2n) is 2.10. The predicted molar refractivity (Wildman–Crippen MR) is 38.8 cm³/mol. The van der Waals surface area contributed by atoms with E-state index in [0.717, 1.165) is 0 Å². The van der Waals surface area contributed by atoms with Crippen molar-refractivity contribution < 1.29 is 4.52 Å². The fraction of sp³-hybridized carbons (Fsp3) is 0.600. The molecular weight excluding hydrogens is 148 g/mol. The van der Waals surface area contributed by atoms with Gasteiger partial charge in [0.1, 0.15) is 0 Å². The lowest BCUT2D eigenvalue weighted by Gasteiger charge is -1.96. The summed E-state index contributed by atoms with van der Waals surface area (Å²) in [4.78, 5) is 10.8. The van der Waals surface area contributed by atoms with Gasteiger partial charge in [0.15, 0.2) is 0 Å². The lowest BCUT2D eigenvalue weighted by molar-refractivity contribution is 0.375. The van der Waals surface area contributed by atoms with Crippen LogP contribution >= 0.6 is 0 Å². The summed E-state index contributed by atoms with van der Waals surface area (Å²) in [5.74, 6) is -0.431. The Balaban J connectivity index is 2.75. The van der Waals surface area contributed by atoms with Gasteiger partial charge < -0.3 is 11.5 Å². The Kier molecular flexibility index (Phi) is 2.27. The second kappa shape index (κ2) is 3.20. The van der Waals surface area contributed by atoms with Crippen molar-refractivity contribution in [1.82, 2.24) is 9.72 Å². The van der Waals surface area contributed by atoms with E-state index >= 15 is 0 Å². The van der Waals surface area contributed by atoms with Crippen molar-refractivity contribution in [2.45, 2.75) is 13.0 Å². The van der Waals surface area contributed by atoms with Crippen molar-refractivity contribution in [2.24, 2.45) is 5.73 Å². The number of rotatable bonds is 3. The van der Waals surface area contributed by atoms with E-state index in [-0.39, 0.29) is 5.95 Å². The van der Waals surface area contributed by atoms with Crippen LogP contribution in [0.2, 0.25) is 0 Å². The topological polar surface area (TPSA) is 100 Å². The third-order valence-electron chi connectivity index (χ3n) is 1.30. The third kappa shape index (κ3) is 1.58. The Morgan fingerprint density at radius 3 is 2.82 bits per heavy atom. The van der Waals surface area contributed by atoms with E-state index in [4.69, 9.17) is 11.5 Å². The van der Waals surface area contributed by atoms with Crippen LogP contribution < -0.4 is 17.2 Å². The summed E-state index contributed by atoms with van der Waals surface area (Å²) in [5.41, 5.74) is 10.5. The minimum Gasteiger partial charge on any atom is -0.367 e. The van der Waals surface area contributed by atoms with E-state index in [1.807, 2.05) is 0 Å². The molecule has 0 aliphatic heterocycles. The first-order valence-corrected chi connectivity index (χ1v) is 3.27. The average Bonchev–Trinajstić information content (AvgIpc) is 2.29. The molecule has 62 valence electrons. The Morgan fingerprint density at radius 1 is 1.64 bits per heavy atom. The first kappa shape index (κ1) is 7.80. The number of nitrogen functional groups attached to an aromatic ring is 1. The minimum atomic E-state index is -0.532. The van der Waals surface area contributed by atoms with Gasteiger partial charge in [-0.2, -0.15) is 0 Å². The van der Waals surface area contributed by atoms with E-state index in [1.54, 1.807) is 0 Å². The predicted octanol–water partition coefficient (Wildman–Crippen LogP) is -1.23. The van der Waals surface area contributed by atoms with Crippen LogP contribution in [0.25, 0.3) is 0 Å². The van der Waals surface area contributed by atoms with Crippen LogP contribution in [0, 0.1) is 0 Å². The zero-order valence-corrected chi connectivity index (χ0v) is 5.99. The lowest BCUT2D eigenvalue weighted by Crippen LogP contribution is -2.18. The summed E-state index contributed by atoms with van der Waals surface area (Å²) in [7, 11) is 0. The average molecular weight is 158 g/mol. The number of hydrogen-bond acceptors (Lipinski definition) is 5. The normalized spacial score (nSPS) is 10.3. The maximum absolute atomic E-state index is 10.8. The minimum absolute atomic E-state index is 0.100. The Bertz CT molecular complexity index is 276. The fourth-order valence-electron chi connectivity index (χ4n) is 0.733. The van der Waals surface area contributed by atoms with Gasteiger partial charge in [-0.15, -0.1) is 0 Å². The van der Waals surface area contributed by atoms with Crippen LogP contribution in [-0.2, 0) is 6.54 Å². The molecule has 0 unspecified atom stereocenters. The maximum Gasteiger partial charge on any atom is 0.443 e. The number of aromatic nitrogens is 2. The molecule has 1 aromatic rings. The zero-order chi connectivity index (χ0) is 8.27. The molecule has 0 saturated carbocycles.